The van der Waals surface area contributed by atoms with Crippen LogP contribution in [-0.4, -0.2) is 18.1 Å². The minimum atomic E-state index is -4.34. The molecule has 1 aliphatic rings. The number of pyridine rings is 1. The van der Waals surface area contributed by atoms with Gasteiger partial charge in [-0.25, -0.2) is 0 Å². The van der Waals surface area contributed by atoms with Gasteiger partial charge in [0.15, 0.2) is 0 Å². The molecule has 20 heavy (non-hydrogen) atoms. The van der Waals surface area contributed by atoms with E-state index in [4.69, 9.17) is 0 Å². The van der Waals surface area contributed by atoms with Crippen molar-refractivity contribution in [2.45, 2.75) is 24.9 Å². The Balaban J connectivity index is 2.16. The third-order valence-electron chi connectivity index (χ3n) is 3.94. The average Bonchev–Trinajstić information content (AvgIpc) is 2.46. The molecule has 0 bridgehead atoms. The molecule has 0 saturated carbocycles. The number of hydrogen-bond donors (Lipinski definition) is 1. The van der Waals surface area contributed by atoms with Crippen LogP contribution in [0.2, 0.25) is 0 Å². The van der Waals surface area contributed by atoms with Crippen LogP contribution in [0.5, 0.6) is 0 Å². The van der Waals surface area contributed by atoms with E-state index in [-0.39, 0.29) is 5.39 Å². The fourth-order valence-corrected chi connectivity index (χ4v) is 2.95. The van der Waals surface area contributed by atoms with Crippen molar-refractivity contribution in [3.63, 3.8) is 0 Å². The van der Waals surface area contributed by atoms with Gasteiger partial charge in [-0.15, -0.1) is 0 Å². The number of nitrogens with zero attached hydrogens (tertiary/aromatic N) is 1. The van der Waals surface area contributed by atoms with Gasteiger partial charge in [0.05, 0.1) is 5.56 Å². The number of rotatable bonds is 1. The van der Waals surface area contributed by atoms with Gasteiger partial charge in [0.2, 0.25) is 0 Å². The molecule has 5 heteroatoms. The second-order valence-corrected chi connectivity index (χ2v) is 5.15. The minimum Gasteiger partial charge on any atom is -0.317 e. The molecule has 1 aliphatic heterocycles. The van der Waals surface area contributed by atoms with Gasteiger partial charge in [-0.3, -0.25) is 4.98 Å². The normalized spacial score (nSPS) is 17.6. The summed E-state index contributed by atoms with van der Waals surface area (Å²) in [6.07, 6.45) is 0.468. The van der Waals surface area contributed by atoms with Crippen LogP contribution < -0.4 is 5.32 Å². The van der Waals surface area contributed by atoms with E-state index >= 15 is 0 Å². The van der Waals surface area contributed by atoms with E-state index in [1.807, 2.05) is 0 Å². The average molecular weight is 280 g/mol. The Morgan fingerprint density at radius 1 is 1.05 bits per heavy atom. The van der Waals surface area contributed by atoms with E-state index in [2.05, 4.69) is 10.3 Å². The van der Waals surface area contributed by atoms with Gasteiger partial charge in [0.1, 0.15) is 0 Å². The largest absolute Gasteiger partial charge is 0.417 e. The summed E-state index contributed by atoms with van der Waals surface area (Å²) >= 11 is 0. The van der Waals surface area contributed by atoms with Crippen LogP contribution in [-0.2, 0) is 6.18 Å². The van der Waals surface area contributed by atoms with Gasteiger partial charge in [-0.1, -0.05) is 6.07 Å². The predicted molar refractivity (Wildman–Crippen MR) is 71.6 cm³/mol. The molecule has 1 fully saturated rings. The van der Waals surface area contributed by atoms with Crippen LogP contribution >= 0.6 is 0 Å². The number of benzene rings is 1. The highest BCUT2D eigenvalue weighted by Gasteiger charge is 2.33. The Morgan fingerprint density at radius 3 is 2.50 bits per heavy atom. The second-order valence-electron chi connectivity index (χ2n) is 5.15. The Bertz CT molecular complexity index is 616. The fourth-order valence-electron chi connectivity index (χ4n) is 2.95. The SMILES string of the molecule is FC(F)(F)c1ccc(C2CCNCC2)c2ccncc12. The Morgan fingerprint density at radius 2 is 1.80 bits per heavy atom. The zero-order valence-electron chi connectivity index (χ0n) is 10.9. The van der Waals surface area contributed by atoms with E-state index in [9.17, 15) is 13.2 Å². The third kappa shape index (κ3) is 2.38. The highest BCUT2D eigenvalue weighted by molar-refractivity contribution is 5.88. The molecule has 3 rings (SSSR count). The second kappa shape index (κ2) is 5.05. The van der Waals surface area contributed by atoms with Crippen molar-refractivity contribution >= 4 is 10.8 Å². The smallest absolute Gasteiger partial charge is 0.317 e. The maximum Gasteiger partial charge on any atom is 0.417 e. The monoisotopic (exact) mass is 280 g/mol. The van der Waals surface area contributed by atoms with Crippen molar-refractivity contribution in [2.24, 2.45) is 0 Å². The molecule has 1 aromatic heterocycles. The van der Waals surface area contributed by atoms with Crippen LogP contribution in [0.25, 0.3) is 10.8 Å². The Kier molecular flexibility index (Phi) is 3.38. The van der Waals surface area contributed by atoms with Crippen LogP contribution in [0.15, 0.2) is 30.6 Å². The number of nitrogens with one attached hydrogen (secondary N) is 1. The third-order valence-corrected chi connectivity index (χ3v) is 3.94. The first kappa shape index (κ1) is 13.4. The van der Waals surface area contributed by atoms with Gasteiger partial charge < -0.3 is 5.32 Å². The van der Waals surface area contributed by atoms with Crippen LogP contribution in [0.1, 0.15) is 29.9 Å². The maximum atomic E-state index is 13.1. The lowest BCUT2D eigenvalue weighted by atomic mass is 9.86. The van der Waals surface area contributed by atoms with Gasteiger partial charge in [0.25, 0.3) is 0 Å². The molecule has 1 saturated heterocycles. The summed E-state index contributed by atoms with van der Waals surface area (Å²) in [7, 11) is 0. The van der Waals surface area contributed by atoms with E-state index in [0.29, 0.717) is 11.3 Å². The lowest BCUT2D eigenvalue weighted by molar-refractivity contribution is -0.136. The van der Waals surface area contributed by atoms with Gasteiger partial charge in [-0.05, 0) is 54.9 Å². The Hall–Kier alpha value is -1.62. The van der Waals surface area contributed by atoms with Crippen molar-refractivity contribution < 1.29 is 13.2 Å². The molecule has 2 heterocycles. The van der Waals surface area contributed by atoms with Crippen molar-refractivity contribution in [3.05, 3.63) is 41.7 Å². The molecule has 0 spiro atoms. The van der Waals surface area contributed by atoms with Gasteiger partial charge in [0, 0.05) is 17.8 Å². The molecule has 0 aliphatic carbocycles. The number of fused-ring (bicyclic) bond motifs is 1. The van der Waals surface area contributed by atoms with Crippen molar-refractivity contribution in [3.8, 4) is 0 Å². The summed E-state index contributed by atoms with van der Waals surface area (Å²) in [6, 6.07) is 4.53. The van der Waals surface area contributed by atoms with Crippen LogP contribution in [0.4, 0.5) is 13.2 Å². The highest BCUT2D eigenvalue weighted by Crippen LogP contribution is 2.38. The Labute approximate surface area is 115 Å². The lowest BCUT2D eigenvalue weighted by Gasteiger charge is -2.25. The molecule has 0 atom stereocenters. The molecule has 0 radical (unpaired) electrons. The first-order chi connectivity index (χ1) is 9.57. The number of alkyl halides is 3. The molecular formula is C15H15F3N2. The van der Waals surface area contributed by atoms with Crippen LogP contribution in [0, 0.1) is 0 Å². The topological polar surface area (TPSA) is 24.9 Å². The molecule has 1 aromatic carbocycles. The lowest BCUT2D eigenvalue weighted by Crippen LogP contribution is -2.26. The summed E-state index contributed by atoms with van der Waals surface area (Å²) in [4.78, 5) is 3.86. The first-order valence-electron chi connectivity index (χ1n) is 6.72. The van der Waals surface area contributed by atoms with Crippen LogP contribution in [0.3, 0.4) is 0 Å². The van der Waals surface area contributed by atoms with E-state index in [1.54, 1.807) is 18.3 Å². The predicted octanol–water partition coefficient (Wildman–Crippen LogP) is 3.72. The fraction of sp³-hybridized carbons (Fsp3) is 0.400. The first-order valence-corrected chi connectivity index (χ1v) is 6.72. The molecule has 0 unspecified atom stereocenters. The highest BCUT2D eigenvalue weighted by atomic mass is 19.4. The summed E-state index contributed by atoms with van der Waals surface area (Å²) in [5.74, 6) is 0.323. The summed E-state index contributed by atoms with van der Waals surface area (Å²) in [5, 5.41) is 4.16. The number of aromatic nitrogens is 1. The van der Waals surface area contributed by atoms with Crippen molar-refractivity contribution in [2.75, 3.05) is 13.1 Å². The molecular weight excluding hydrogens is 265 g/mol. The summed E-state index contributed by atoms with van der Waals surface area (Å²) in [5.41, 5.74) is 0.412. The standard InChI is InChI=1S/C15H15F3N2/c16-15(17,18)14-2-1-11(10-3-6-19-7-4-10)12-5-8-20-9-13(12)14/h1-2,5,8-10,19H,3-4,6-7H2. The van der Waals surface area contributed by atoms with E-state index in [0.717, 1.165) is 31.5 Å². The number of hydrogen-bond acceptors (Lipinski definition) is 2. The van der Waals surface area contributed by atoms with Crippen molar-refractivity contribution in [1.29, 1.82) is 0 Å². The molecule has 0 amide bonds. The molecule has 2 aromatic rings. The quantitative estimate of drug-likeness (QED) is 0.861. The molecule has 1 N–H and O–H groups in total. The maximum absolute atomic E-state index is 13.1. The van der Waals surface area contributed by atoms with Gasteiger partial charge in [-0.2, -0.15) is 13.2 Å². The van der Waals surface area contributed by atoms with E-state index in [1.165, 1.54) is 12.3 Å². The number of piperidine rings is 1. The zero-order chi connectivity index (χ0) is 14.2. The van der Waals surface area contributed by atoms with Gasteiger partial charge >= 0.3 is 6.18 Å². The number of halogens is 3. The zero-order valence-corrected chi connectivity index (χ0v) is 10.9. The summed E-state index contributed by atoms with van der Waals surface area (Å²) in [6.45, 7) is 1.83. The van der Waals surface area contributed by atoms with Crippen molar-refractivity contribution in [1.82, 2.24) is 10.3 Å². The molecule has 2 nitrogen and oxygen atoms in total. The summed E-state index contributed by atoms with van der Waals surface area (Å²) < 4.78 is 39.2. The van der Waals surface area contributed by atoms with E-state index < -0.39 is 11.7 Å². The molecule has 106 valence electrons. The minimum absolute atomic E-state index is 0.205.